The Hall–Kier alpha value is -3.03. The maximum absolute atomic E-state index is 13.5. The van der Waals surface area contributed by atoms with E-state index in [2.05, 4.69) is 27.4 Å². The molecule has 4 atom stereocenters. The lowest BCUT2D eigenvalue weighted by Gasteiger charge is -2.35. The highest BCUT2D eigenvalue weighted by Gasteiger charge is 2.69. The van der Waals surface area contributed by atoms with Gasteiger partial charge in [0, 0.05) is 18.0 Å². The minimum absolute atomic E-state index is 0.0663. The maximum Gasteiger partial charge on any atom is 0.411 e. The highest BCUT2D eigenvalue weighted by molar-refractivity contribution is 5.84. The number of amides is 2. The first-order chi connectivity index (χ1) is 17.7. The monoisotopic (exact) mass is 528 g/mol. The molecule has 1 saturated heterocycles. The summed E-state index contributed by atoms with van der Waals surface area (Å²) in [5.74, 6) is -0.446. The number of rotatable bonds is 9. The number of hydrogen-bond donors (Lipinski definition) is 0. The van der Waals surface area contributed by atoms with E-state index in [9.17, 15) is 14.4 Å². The van der Waals surface area contributed by atoms with Crippen molar-refractivity contribution in [3.05, 3.63) is 48.6 Å². The molecule has 38 heavy (non-hydrogen) atoms. The minimum atomic E-state index is -0.754. The van der Waals surface area contributed by atoms with Crippen LogP contribution in [0.15, 0.2) is 43.0 Å². The Morgan fingerprint density at radius 1 is 1.11 bits per heavy atom. The van der Waals surface area contributed by atoms with Crippen LogP contribution < -0.4 is 0 Å². The van der Waals surface area contributed by atoms with Crippen molar-refractivity contribution in [3.63, 3.8) is 0 Å². The van der Waals surface area contributed by atoms with Crippen molar-refractivity contribution >= 4 is 18.2 Å². The van der Waals surface area contributed by atoms with E-state index in [1.165, 1.54) is 4.90 Å². The molecule has 3 rings (SSSR count). The molecule has 0 aromatic heterocycles. The number of likely N-dealkylation sites (tertiary alicyclic amines) is 1. The molecule has 1 heterocycles. The van der Waals surface area contributed by atoms with Gasteiger partial charge in [-0.1, -0.05) is 57.2 Å². The molecule has 8 heteroatoms. The molecule has 0 bridgehead atoms. The highest BCUT2D eigenvalue weighted by atomic mass is 16.6. The highest BCUT2D eigenvalue weighted by Crippen LogP contribution is 2.60. The van der Waals surface area contributed by atoms with Gasteiger partial charge in [0.15, 0.2) is 0 Å². The van der Waals surface area contributed by atoms with Crippen LogP contribution >= 0.6 is 0 Å². The fraction of sp³-hybridized carbons (Fsp3) is 0.633. The molecule has 2 aliphatic rings. The standard InChI is InChI=1S/C30H44N2O6/c1-9-22(16-28(3,4)5)31(26(34)37-19-21-14-12-11-13-15-21)20-30-17-23(25(33)36-10-2)32(24(30)18-30)27(35)38-29(6,7)8/h9,11-15,22-24H,1,10,16-20H2,2-8H3/t22?,23-,24+,30-/m0/s1. The zero-order chi connectivity index (χ0) is 28.3. The number of carbonyl (C=O) groups is 3. The second-order valence-electron chi connectivity index (χ2n) is 12.7. The van der Waals surface area contributed by atoms with Crippen LogP contribution in [0.5, 0.6) is 0 Å². The summed E-state index contributed by atoms with van der Waals surface area (Å²) in [5.41, 5.74) is -0.319. The van der Waals surface area contributed by atoms with Gasteiger partial charge in [0.25, 0.3) is 0 Å². The van der Waals surface area contributed by atoms with Gasteiger partial charge >= 0.3 is 18.2 Å². The molecular formula is C30H44N2O6. The number of nitrogens with zero attached hydrogens (tertiary/aromatic N) is 2. The predicted octanol–water partition coefficient (Wildman–Crippen LogP) is 5.95. The Labute approximate surface area is 227 Å². The van der Waals surface area contributed by atoms with Crippen molar-refractivity contribution in [3.8, 4) is 0 Å². The van der Waals surface area contributed by atoms with Crippen molar-refractivity contribution in [1.82, 2.24) is 9.80 Å². The van der Waals surface area contributed by atoms with E-state index in [0.29, 0.717) is 25.8 Å². The molecule has 1 saturated carbocycles. The van der Waals surface area contributed by atoms with Crippen LogP contribution in [-0.2, 0) is 25.6 Å². The summed E-state index contributed by atoms with van der Waals surface area (Å²) in [4.78, 5) is 42.9. The smallest absolute Gasteiger partial charge is 0.411 e. The van der Waals surface area contributed by atoms with Gasteiger partial charge in [-0.05, 0) is 57.9 Å². The van der Waals surface area contributed by atoms with E-state index in [4.69, 9.17) is 14.2 Å². The number of esters is 1. The fourth-order valence-corrected chi connectivity index (χ4v) is 5.29. The molecule has 2 fully saturated rings. The second kappa shape index (κ2) is 11.4. The van der Waals surface area contributed by atoms with Crippen molar-refractivity contribution in [2.24, 2.45) is 10.8 Å². The summed E-state index contributed by atoms with van der Waals surface area (Å²) in [6, 6.07) is 8.29. The minimum Gasteiger partial charge on any atom is -0.464 e. The molecule has 8 nitrogen and oxygen atoms in total. The number of benzene rings is 1. The van der Waals surface area contributed by atoms with Gasteiger partial charge in [-0.25, -0.2) is 14.4 Å². The van der Waals surface area contributed by atoms with Crippen LogP contribution in [0.4, 0.5) is 9.59 Å². The molecule has 0 radical (unpaired) electrons. The Bertz CT molecular complexity index is 1010. The number of piperidine rings is 1. The molecule has 0 spiro atoms. The van der Waals surface area contributed by atoms with E-state index in [1.807, 2.05) is 30.3 Å². The van der Waals surface area contributed by atoms with E-state index < -0.39 is 35.2 Å². The summed E-state index contributed by atoms with van der Waals surface area (Å²) in [6.45, 7) is 18.2. The summed E-state index contributed by atoms with van der Waals surface area (Å²) in [7, 11) is 0. The lowest BCUT2D eigenvalue weighted by molar-refractivity contribution is -0.149. The average molecular weight is 529 g/mol. The van der Waals surface area contributed by atoms with Gasteiger partial charge < -0.3 is 19.1 Å². The van der Waals surface area contributed by atoms with Gasteiger partial charge in [0.05, 0.1) is 12.6 Å². The lowest BCUT2D eigenvalue weighted by atomic mass is 9.87. The maximum atomic E-state index is 13.5. The zero-order valence-corrected chi connectivity index (χ0v) is 24.0. The Kier molecular flexibility index (Phi) is 8.84. The number of fused-ring (bicyclic) bond motifs is 1. The normalized spacial score (nSPS) is 23.2. The third-order valence-electron chi connectivity index (χ3n) is 7.00. The third kappa shape index (κ3) is 7.29. The van der Waals surface area contributed by atoms with Crippen molar-refractivity contribution in [2.45, 2.75) is 98.1 Å². The zero-order valence-electron chi connectivity index (χ0n) is 24.0. The quantitative estimate of drug-likeness (QED) is 0.224. The molecule has 0 N–H and O–H groups in total. The Morgan fingerprint density at radius 2 is 1.76 bits per heavy atom. The number of ether oxygens (including phenoxy) is 3. The molecule has 1 aliphatic heterocycles. The van der Waals surface area contributed by atoms with E-state index in [0.717, 1.165) is 5.56 Å². The Balaban J connectivity index is 1.86. The van der Waals surface area contributed by atoms with Crippen LogP contribution in [-0.4, -0.2) is 64.8 Å². The molecule has 1 aromatic carbocycles. The van der Waals surface area contributed by atoms with Crippen LogP contribution in [0.2, 0.25) is 0 Å². The first kappa shape index (κ1) is 29.5. The number of hydrogen-bond acceptors (Lipinski definition) is 6. The number of carbonyl (C=O) groups excluding carboxylic acids is 3. The Morgan fingerprint density at radius 3 is 2.32 bits per heavy atom. The average Bonchev–Trinajstić information content (AvgIpc) is 3.41. The van der Waals surface area contributed by atoms with Crippen molar-refractivity contribution < 1.29 is 28.6 Å². The molecule has 1 aromatic rings. The molecule has 2 amide bonds. The molecular weight excluding hydrogens is 484 g/mol. The lowest BCUT2D eigenvalue weighted by Crippen LogP contribution is -2.46. The van der Waals surface area contributed by atoms with Gasteiger partial charge in [-0.15, -0.1) is 6.58 Å². The van der Waals surface area contributed by atoms with Crippen LogP contribution in [0.25, 0.3) is 0 Å². The molecule has 1 aliphatic carbocycles. The largest absolute Gasteiger partial charge is 0.464 e. The molecule has 210 valence electrons. The predicted molar refractivity (Wildman–Crippen MR) is 145 cm³/mol. The van der Waals surface area contributed by atoms with Gasteiger partial charge in [0.1, 0.15) is 18.2 Å². The second-order valence-corrected chi connectivity index (χ2v) is 12.7. The van der Waals surface area contributed by atoms with Gasteiger partial charge in [-0.2, -0.15) is 0 Å². The van der Waals surface area contributed by atoms with Crippen LogP contribution in [0.1, 0.15) is 73.3 Å². The third-order valence-corrected chi connectivity index (χ3v) is 7.00. The van der Waals surface area contributed by atoms with Crippen molar-refractivity contribution in [1.29, 1.82) is 0 Å². The summed E-state index contributed by atoms with van der Waals surface area (Å²) in [6.07, 6.45) is 2.57. The van der Waals surface area contributed by atoms with E-state index in [1.54, 1.807) is 38.7 Å². The van der Waals surface area contributed by atoms with Crippen molar-refractivity contribution in [2.75, 3.05) is 13.2 Å². The fourth-order valence-electron chi connectivity index (χ4n) is 5.29. The first-order valence-corrected chi connectivity index (χ1v) is 13.5. The van der Waals surface area contributed by atoms with E-state index >= 15 is 0 Å². The summed E-state index contributed by atoms with van der Waals surface area (Å²) < 4.78 is 16.7. The SMILES string of the molecule is C=CC(CC(C)(C)C)N(C[C@@]12C[C@@H](C(=O)OCC)N(C(=O)OC(C)(C)C)[C@@H]1C2)C(=O)OCc1ccccc1. The van der Waals surface area contributed by atoms with Crippen LogP contribution in [0, 0.1) is 10.8 Å². The van der Waals surface area contributed by atoms with Crippen LogP contribution in [0.3, 0.4) is 0 Å². The topological polar surface area (TPSA) is 85.4 Å². The summed E-state index contributed by atoms with van der Waals surface area (Å²) in [5, 5.41) is 0. The van der Waals surface area contributed by atoms with E-state index in [-0.39, 0.29) is 30.7 Å². The molecule has 1 unspecified atom stereocenters. The summed E-state index contributed by atoms with van der Waals surface area (Å²) >= 11 is 0. The van der Waals surface area contributed by atoms with Gasteiger partial charge in [0.2, 0.25) is 0 Å². The first-order valence-electron chi connectivity index (χ1n) is 13.5. The van der Waals surface area contributed by atoms with Gasteiger partial charge in [-0.3, -0.25) is 4.90 Å².